The van der Waals surface area contributed by atoms with E-state index < -0.39 is 0 Å². The van der Waals surface area contributed by atoms with Crippen LogP contribution in [-0.2, 0) is 6.42 Å². The van der Waals surface area contributed by atoms with Crippen LogP contribution in [0.3, 0.4) is 0 Å². The van der Waals surface area contributed by atoms with Crippen LogP contribution in [0.15, 0.2) is 39.7 Å². The molecule has 14 heteroatoms. The quantitative estimate of drug-likeness (QED) is 0.153. The molecule has 12 nitrogen and oxygen atoms in total. The predicted octanol–water partition coefficient (Wildman–Crippen LogP) is 1.10. The van der Waals surface area contributed by atoms with Crippen LogP contribution in [0.25, 0.3) is 0 Å². The first kappa shape index (κ1) is 24.2. The van der Waals surface area contributed by atoms with Gasteiger partial charge < -0.3 is 20.6 Å². The zero-order valence-corrected chi connectivity index (χ0v) is 22.1. The van der Waals surface area contributed by atoms with Crippen LogP contribution >= 0.6 is 31.9 Å². The predicted molar refractivity (Wildman–Crippen MR) is 138 cm³/mol. The van der Waals surface area contributed by atoms with Gasteiger partial charge in [0.25, 0.3) is 11.8 Å². The Labute approximate surface area is 222 Å². The molecule has 4 heterocycles. The molecule has 0 radical (unpaired) electrons. The number of amides is 2. The fourth-order valence-corrected chi connectivity index (χ4v) is 5.56. The number of nitrogen functional groups attached to an aromatic ring is 2. The van der Waals surface area contributed by atoms with Crippen molar-refractivity contribution in [2.45, 2.75) is 12.3 Å². The number of H-pyrrole nitrogens is 6. The Morgan fingerprint density at radius 2 is 1.61 bits per heavy atom. The van der Waals surface area contributed by atoms with Crippen molar-refractivity contribution in [3.8, 4) is 0 Å². The van der Waals surface area contributed by atoms with Crippen LogP contribution in [-0.4, -0.2) is 44.8 Å². The molecule has 0 aliphatic heterocycles. The van der Waals surface area contributed by atoms with Crippen molar-refractivity contribution in [2.75, 3.05) is 24.6 Å². The molecule has 2 amide bonds. The Kier molecular flexibility index (Phi) is 6.62. The highest BCUT2D eigenvalue weighted by Crippen LogP contribution is 2.41. The topological polar surface area (TPSA) is 202 Å². The minimum atomic E-state index is -0.223. The summed E-state index contributed by atoms with van der Waals surface area (Å²) in [6, 6.07) is 3.45. The van der Waals surface area contributed by atoms with Gasteiger partial charge in [-0.15, -0.1) is 0 Å². The van der Waals surface area contributed by atoms with Gasteiger partial charge in [-0.2, -0.15) is 0 Å². The van der Waals surface area contributed by atoms with Gasteiger partial charge in [0.2, 0.25) is 0 Å². The number of rotatable bonds is 7. The summed E-state index contributed by atoms with van der Waals surface area (Å²) in [4.78, 5) is 44.2. The molecule has 0 spiro atoms. The van der Waals surface area contributed by atoms with Crippen molar-refractivity contribution in [3.05, 3.63) is 68.1 Å². The first-order valence-corrected chi connectivity index (χ1v) is 12.9. The highest BCUT2D eigenvalue weighted by molar-refractivity contribution is 9.10. The van der Waals surface area contributed by atoms with Gasteiger partial charge in [-0.3, -0.25) is 21.1 Å². The average Bonchev–Trinajstić information content (AvgIpc) is 3.63. The van der Waals surface area contributed by atoms with Crippen LogP contribution in [0.1, 0.15) is 44.0 Å². The second kappa shape index (κ2) is 9.85. The standard InChI is InChI=1S/C22H24Br2N10O2/c23-10-2-14(27-5-10)19(35)29-4-9-1-13-18(34-22(26)32-13)17(16-8-31-21(25)33-16)12(9)7-30-20(36)15-3-11(24)6-28-15/h2-3,5-6,8-9,12,17,27-28H,1,4,7H2,(H,29,35)(H,30,36)(H3,25,31,33)(H3,26,32,34)/p+2/t9-,12-,17-/m0/s1. The largest absolute Gasteiger partial charge is 0.356 e. The fraction of sp³-hybridized carbons (Fsp3) is 0.273. The minimum absolute atomic E-state index is 0.0310. The van der Waals surface area contributed by atoms with Crippen LogP contribution in [0.5, 0.6) is 0 Å². The smallest absolute Gasteiger partial charge is 0.350 e. The number of aromatic amines is 6. The lowest BCUT2D eigenvalue weighted by Crippen LogP contribution is -2.45. The second-order valence-electron chi connectivity index (χ2n) is 8.83. The van der Waals surface area contributed by atoms with Crippen LogP contribution in [0.2, 0.25) is 0 Å². The lowest BCUT2D eigenvalue weighted by Gasteiger charge is -2.35. The monoisotopic (exact) mass is 620 g/mol. The summed E-state index contributed by atoms with van der Waals surface area (Å²) >= 11 is 6.71. The number of fused-ring (bicyclic) bond motifs is 1. The molecule has 4 aromatic rings. The molecule has 0 aromatic carbocycles. The third-order valence-electron chi connectivity index (χ3n) is 6.50. The molecule has 0 saturated heterocycles. The molecular formula is C22H26Br2N10O2+2. The number of imidazole rings is 2. The molecule has 0 fully saturated rings. The molecule has 12 N–H and O–H groups in total. The molecule has 0 saturated carbocycles. The van der Waals surface area contributed by atoms with Crippen LogP contribution in [0.4, 0.5) is 11.9 Å². The Morgan fingerprint density at radius 1 is 0.972 bits per heavy atom. The Morgan fingerprint density at radius 3 is 2.17 bits per heavy atom. The number of halogens is 2. The highest BCUT2D eigenvalue weighted by atomic mass is 79.9. The van der Waals surface area contributed by atoms with Crippen molar-refractivity contribution < 1.29 is 19.6 Å². The normalized spacial score (nSPS) is 19.1. The Balaban J connectivity index is 1.43. The van der Waals surface area contributed by atoms with E-state index in [4.69, 9.17) is 11.5 Å². The fourth-order valence-electron chi connectivity index (χ4n) is 4.88. The summed E-state index contributed by atoms with van der Waals surface area (Å²) in [7, 11) is 0. The summed E-state index contributed by atoms with van der Waals surface area (Å²) in [5.74, 6) is 0.0877. The molecule has 36 heavy (non-hydrogen) atoms. The van der Waals surface area contributed by atoms with Gasteiger partial charge in [-0.05, 0) is 55.8 Å². The van der Waals surface area contributed by atoms with Crippen molar-refractivity contribution in [1.29, 1.82) is 0 Å². The number of aromatic nitrogens is 6. The number of carbonyl (C=O) groups excluding carboxylic acids is 2. The lowest BCUT2D eigenvalue weighted by atomic mass is 9.71. The highest BCUT2D eigenvalue weighted by Gasteiger charge is 2.44. The van der Waals surface area contributed by atoms with Crippen molar-refractivity contribution in [1.82, 2.24) is 30.6 Å². The van der Waals surface area contributed by atoms with Gasteiger partial charge in [0.05, 0.1) is 12.1 Å². The lowest BCUT2D eigenvalue weighted by molar-refractivity contribution is -0.375. The Hall–Kier alpha value is -3.52. The van der Waals surface area contributed by atoms with Gasteiger partial charge in [-0.25, -0.2) is 19.9 Å². The van der Waals surface area contributed by atoms with Gasteiger partial charge in [-0.1, -0.05) is 0 Å². The average molecular weight is 622 g/mol. The molecule has 3 atom stereocenters. The van der Waals surface area contributed by atoms with E-state index in [1.165, 1.54) is 0 Å². The molecule has 5 rings (SSSR count). The van der Waals surface area contributed by atoms with E-state index in [0.29, 0.717) is 42.8 Å². The number of hydrogen-bond donors (Lipinski definition) is 8. The molecule has 188 valence electrons. The van der Waals surface area contributed by atoms with Crippen LogP contribution < -0.4 is 32.1 Å². The van der Waals surface area contributed by atoms with Gasteiger partial charge in [0.15, 0.2) is 0 Å². The summed E-state index contributed by atoms with van der Waals surface area (Å²) < 4.78 is 1.59. The van der Waals surface area contributed by atoms with E-state index in [-0.39, 0.29) is 29.6 Å². The molecule has 0 unspecified atom stereocenters. The maximum absolute atomic E-state index is 12.8. The summed E-state index contributed by atoms with van der Waals surface area (Å²) in [5.41, 5.74) is 15.7. The summed E-state index contributed by atoms with van der Waals surface area (Å²) in [6.07, 6.45) is 5.85. The zero-order valence-electron chi connectivity index (χ0n) is 19.0. The molecular weight excluding hydrogens is 596 g/mol. The number of carbonyl (C=O) groups is 2. The molecule has 4 aromatic heterocycles. The van der Waals surface area contributed by atoms with Gasteiger partial charge in [0, 0.05) is 40.8 Å². The number of nitrogens with one attached hydrogen (secondary N) is 8. The van der Waals surface area contributed by atoms with Crippen molar-refractivity contribution in [3.63, 3.8) is 0 Å². The van der Waals surface area contributed by atoms with E-state index in [2.05, 4.69) is 72.4 Å². The minimum Gasteiger partial charge on any atom is -0.356 e. The van der Waals surface area contributed by atoms with E-state index >= 15 is 0 Å². The van der Waals surface area contributed by atoms with E-state index in [0.717, 1.165) is 26.0 Å². The van der Waals surface area contributed by atoms with Crippen molar-refractivity contribution >= 4 is 55.6 Å². The summed E-state index contributed by atoms with van der Waals surface area (Å²) in [5, 5.41) is 6.09. The van der Waals surface area contributed by atoms with Gasteiger partial charge in [0.1, 0.15) is 28.5 Å². The van der Waals surface area contributed by atoms with E-state index in [1.54, 1.807) is 24.5 Å². The molecule has 1 aliphatic carbocycles. The van der Waals surface area contributed by atoms with E-state index in [1.807, 2.05) is 6.20 Å². The molecule has 1 aliphatic rings. The Bertz CT molecular complexity index is 1400. The zero-order chi connectivity index (χ0) is 25.4. The second-order valence-corrected chi connectivity index (χ2v) is 10.7. The third kappa shape index (κ3) is 4.91. The first-order valence-electron chi connectivity index (χ1n) is 11.3. The maximum Gasteiger partial charge on any atom is 0.350 e. The first-order chi connectivity index (χ1) is 17.3. The number of anilines is 2. The number of nitrogens with two attached hydrogens (primary N) is 2. The van der Waals surface area contributed by atoms with Crippen LogP contribution in [0, 0.1) is 11.8 Å². The summed E-state index contributed by atoms with van der Waals surface area (Å²) in [6.45, 7) is 0.741. The third-order valence-corrected chi connectivity index (χ3v) is 7.41. The maximum atomic E-state index is 12.8. The SMILES string of the molecule is Nc1[nH]c([C@H]2c3[nH+]c(N)[nH]c3C[C@@H](CNC(=O)c3cc(Br)c[nH]3)[C@@H]2CNC(=O)c2cc(Br)c[nH]2)c[nH+]1. The van der Waals surface area contributed by atoms with Gasteiger partial charge >= 0.3 is 11.9 Å². The molecule has 0 bridgehead atoms. The van der Waals surface area contributed by atoms with E-state index in [9.17, 15) is 9.59 Å². The number of hydrogen-bond acceptors (Lipinski definition) is 4. The van der Waals surface area contributed by atoms with Crippen molar-refractivity contribution in [2.24, 2.45) is 11.8 Å².